The summed E-state index contributed by atoms with van der Waals surface area (Å²) < 4.78 is 50.4. The zero-order valence-electron chi connectivity index (χ0n) is 13.9. The van der Waals surface area contributed by atoms with Crippen LogP contribution in [0.5, 0.6) is 0 Å². The minimum Gasteiger partial charge on any atom is -0.273 e. The third-order valence-electron chi connectivity index (χ3n) is 3.31. The number of halogens is 2. The number of benzene rings is 2. The molecule has 0 aliphatic heterocycles. The lowest BCUT2D eigenvalue weighted by Crippen LogP contribution is -2.43. The molecule has 0 spiro atoms. The Hall–Kier alpha value is -2.46. The quantitative estimate of drug-likeness (QED) is 0.411. The summed E-state index contributed by atoms with van der Waals surface area (Å²) in [5, 5.41) is 0. The summed E-state index contributed by atoms with van der Waals surface area (Å²) in [6, 6.07) is 10.2. The topological polar surface area (TPSA) is 92.3 Å². The molecular weight excluding hydrogens is 398 g/mol. The Morgan fingerprint density at radius 1 is 0.926 bits per heavy atom. The predicted octanol–water partition coefficient (Wildman–Crippen LogP) is 2.07. The van der Waals surface area contributed by atoms with Gasteiger partial charge in [-0.1, -0.05) is 12.1 Å². The number of nitrogens with one attached hydrogen (secondary N) is 2. The predicted molar refractivity (Wildman–Crippen MR) is 96.5 cm³/mol. The highest BCUT2D eigenvalue weighted by Gasteiger charge is 2.17. The molecular formula is C17H16F2N2O4S2. The van der Waals surface area contributed by atoms with Crippen LogP contribution in [0.3, 0.4) is 0 Å². The third-order valence-corrected chi connectivity index (χ3v) is 6.09. The normalized spacial score (nSPS) is 11.0. The minimum absolute atomic E-state index is 0.0953. The Balaban J connectivity index is 1.74. The van der Waals surface area contributed by atoms with Crippen LogP contribution >= 0.6 is 11.8 Å². The van der Waals surface area contributed by atoms with Gasteiger partial charge >= 0.3 is 0 Å². The number of hydrazine groups is 1. The van der Waals surface area contributed by atoms with Crippen molar-refractivity contribution in [2.24, 2.45) is 0 Å². The van der Waals surface area contributed by atoms with E-state index in [1.165, 1.54) is 18.2 Å². The van der Waals surface area contributed by atoms with Gasteiger partial charge in [0.15, 0.2) is 9.84 Å². The van der Waals surface area contributed by atoms with E-state index >= 15 is 0 Å². The second kappa shape index (κ2) is 9.47. The van der Waals surface area contributed by atoms with Crippen molar-refractivity contribution in [3.63, 3.8) is 0 Å². The summed E-state index contributed by atoms with van der Waals surface area (Å²) in [7, 11) is -3.75. The highest BCUT2D eigenvalue weighted by atomic mass is 32.2. The lowest BCUT2D eigenvalue weighted by Gasteiger charge is -2.08. The van der Waals surface area contributed by atoms with E-state index in [0.29, 0.717) is 4.90 Å². The Kier molecular flexibility index (Phi) is 7.31. The number of rotatable bonds is 7. The maximum Gasteiger partial charge on any atom is 0.248 e. The first-order valence-electron chi connectivity index (χ1n) is 7.71. The van der Waals surface area contributed by atoms with E-state index in [9.17, 15) is 26.8 Å². The van der Waals surface area contributed by atoms with E-state index in [1.54, 1.807) is 6.07 Å². The number of amides is 2. The van der Waals surface area contributed by atoms with E-state index in [2.05, 4.69) is 10.9 Å². The Bertz CT molecular complexity index is 919. The average molecular weight is 414 g/mol. The molecule has 0 aliphatic rings. The maximum absolute atomic E-state index is 13.4. The van der Waals surface area contributed by atoms with Crippen molar-refractivity contribution >= 4 is 33.4 Å². The lowest BCUT2D eigenvalue weighted by molar-refractivity contribution is -0.127. The van der Waals surface area contributed by atoms with Crippen LogP contribution in [0, 0.1) is 11.6 Å². The molecule has 0 aliphatic carbocycles. The van der Waals surface area contributed by atoms with Crippen LogP contribution in [0.25, 0.3) is 0 Å². The molecule has 0 saturated carbocycles. The highest BCUT2D eigenvalue weighted by Crippen LogP contribution is 2.20. The first-order valence-corrected chi connectivity index (χ1v) is 10.3. The molecule has 0 aromatic heterocycles. The van der Waals surface area contributed by atoms with Gasteiger partial charge < -0.3 is 0 Å². The van der Waals surface area contributed by atoms with Crippen LogP contribution in [-0.2, 0) is 19.4 Å². The van der Waals surface area contributed by atoms with Gasteiger partial charge in [0.25, 0.3) is 0 Å². The summed E-state index contributed by atoms with van der Waals surface area (Å²) in [4.78, 5) is 23.6. The second-order valence-corrected chi connectivity index (χ2v) is 8.46. The zero-order valence-corrected chi connectivity index (χ0v) is 15.6. The minimum atomic E-state index is -3.75. The number of hydrogen-bond acceptors (Lipinski definition) is 5. The smallest absolute Gasteiger partial charge is 0.248 e. The van der Waals surface area contributed by atoms with Crippen molar-refractivity contribution < 1.29 is 26.8 Å². The van der Waals surface area contributed by atoms with Crippen LogP contribution in [-0.4, -0.2) is 31.7 Å². The largest absolute Gasteiger partial charge is 0.273 e. The molecule has 0 bridgehead atoms. The van der Waals surface area contributed by atoms with Gasteiger partial charge in [0.05, 0.1) is 16.4 Å². The molecule has 27 heavy (non-hydrogen) atoms. The fourth-order valence-electron chi connectivity index (χ4n) is 1.93. The fraction of sp³-hybridized carbons (Fsp3) is 0.176. The molecule has 2 amide bonds. The summed E-state index contributed by atoms with van der Waals surface area (Å²) in [6.07, 6.45) is -0.388. The van der Waals surface area contributed by atoms with Crippen LogP contribution < -0.4 is 10.9 Å². The van der Waals surface area contributed by atoms with Crippen molar-refractivity contribution in [2.75, 3.05) is 11.5 Å². The van der Waals surface area contributed by atoms with E-state index < -0.39 is 39.0 Å². The van der Waals surface area contributed by atoms with E-state index in [0.717, 1.165) is 36.0 Å². The van der Waals surface area contributed by atoms with Crippen molar-refractivity contribution in [1.29, 1.82) is 0 Å². The molecule has 144 valence electrons. The van der Waals surface area contributed by atoms with Gasteiger partial charge in [0.1, 0.15) is 11.6 Å². The number of sulfone groups is 1. The fourth-order valence-corrected chi connectivity index (χ4v) is 3.91. The van der Waals surface area contributed by atoms with Crippen LogP contribution in [0.15, 0.2) is 58.3 Å². The molecule has 0 atom stereocenters. The van der Waals surface area contributed by atoms with Gasteiger partial charge in [-0.05, 0) is 36.4 Å². The summed E-state index contributed by atoms with van der Waals surface area (Å²) in [5.74, 6) is -2.92. The highest BCUT2D eigenvalue weighted by molar-refractivity contribution is 8.00. The molecule has 0 fully saturated rings. The van der Waals surface area contributed by atoms with E-state index in [-0.39, 0.29) is 17.1 Å². The molecule has 0 radical (unpaired) electrons. The van der Waals surface area contributed by atoms with Crippen LogP contribution in [0.4, 0.5) is 8.78 Å². The first-order chi connectivity index (χ1) is 12.8. The molecule has 2 rings (SSSR count). The summed E-state index contributed by atoms with van der Waals surface area (Å²) in [6.45, 7) is 0. The standard InChI is InChI=1S/C17H16F2N2O4S2/c18-12-5-7-13(8-6-12)27(24,25)10-9-16(22)20-21-17(23)11-26-15-4-2-1-3-14(15)19/h1-8H,9-11H2,(H,20,22)(H,21,23). The van der Waals surface area contributed by atoms with E-state index in [1.807, 2.05) is 0 Å². The molecule has 10 heteroatoms. The average Bonchev–Trinajstić information content (AvgIpc) is 2.64. The number of carbonyl (C=O) groups is 2. The van der Waals surface area contributed by atoms with Gasteiger partial charge in [-0.3, -0.25) is 20.4 Å². The molecule has 0 unspecified atom stereocenters. The zero-order chi connectivity index (χ0) is 19.9. The van der Waals surface area contributed by atoms with Gasteiger partial charge in [0.2, 0.25) is 11.8 Å². The van der Waals surface area contributed by atoms with Gasteiger partial charge in [-0.15, -0.1) is 11.8 Å². The van der Waals surface area contributed by atoms with Gasteiger partial charge in [-0.2, -0.15) is 0 Å². The second-order valence-electron chi connectivity index (χ2n) is 5.34. The molecule has 0 heterocycles. The molecule has 2 N–H and O–H groups in total. The Morgan fingerprint density at radius 2 is 1.56 bits per heavy atom. The Labute approximate surface area is 159 Å². The number of carbonyl (C=O) groups excluding carboxylic acids is 2. The van der Waals surface area contributed by atoms with Gasteiger partial charge in [-0.25, -0.2) is 17.2 Å². The molecule has 2 aromatic carbocycles. The lowest BCUT2D eigenvalue weighted by atomic mass is 10.3. The van der Waals surface area contributed by atoms with Crippen LogP contribution in [0.1, 0.15) is 6.42 Å². The molecule has 6 nitrogen and oxygen atoms in total. The summed E-state index contributed by atoms with van der Waals surface area (Å²) >= 11 is 0.958. The third kappa shape index (κ3) is 6.65. The van der Waals surface area contributed by atoms with Gasteiger partial charge in [0, 0.05) is 11.3 Å². The van der Waals surface area contributed by atoms with Crippen molar-refractivity contribution in [3.8, 4) is 0 Å². The Morgan fingerprint density at radius 3 is 2.22 bits per heavy atom. The van der Waals surface area contributed by atoms with Crippen molar-refractivity contribution in [1.82, 2.24) is 10.9 Å². The summed E-state index contributed by atoms with van der Waals surface area (Å²) in [5.41, 5.74) is 4.23. The monoisotopic (exact) mass is 414 g/mol. The number of hydrogen-bond donors (Lipinski definition) is 2. The SMILES string of the molecule is O=C(CCS(=O)(=O)c1ccc(F)cc1)NNC(=O)CSc1ccccc1F. The van der Waals surface area contributed by atoms with Crippen LogP contribution in [0.2, 0.25) is 0 Å². The molecule has 0 saturated heterocycles. The first kappa shape index (κ1) is 20.8. The number of thioether (sulfide) groups is 1. The van der Waals surface area contributed by atoms with Crippen molar-refractivity contribution in [2.45, 2.75) is 16.2 Å². The maximum atomic E-state index is 13.4. The molecule has 2 aromatic rings. The van der Waals surface area contributed by atoms with Crippen molar-refractivity contribution in [3.05, 3.63) is 60.2 Å². The van der Waals surface area contributed by atoms with E-state index in [4.69, 9.17) is 0 Å².